The molecule has 2 nitrogen and oxygen atoms in total. The Kier molecular flexibility index (Phi) is 1.78. The molecule has 0 aromatic rings. The summed E-state index contributed by atoms with van der Waals surface area (Å²) in [5.41, 5.74) is 0. The zero-order valence-electron chi connectivity index (χ0n) is 4.81. The molecule has 1 unspecified atom stereocenters. The number of amides is 1. The summed E-state index contributed by atoms with van der Waals surface area (Å²) < 4.78 is 0. The molecule has 3 heteroatoms. The molecule has 8 heavy (non-hydrogen) atoms. The van der Waals surface area contributed by atoms with Crippen molar-refractivity contribution < 1.29 is 4.79 Å². The van der Waals surface area contributed by atoms with Gasteiger partial charge in [0.25, 0.3) is 5.24 Å². The molecule has 1 N–H and O–H groups in total. The highest BCUT2D eigenvalue weighted by atomic mass is 32.2. The first-order chi connectivity index (χ1) is 3.79. The van der Waals surface area contributed by atoms with Crippen molar-refractivity contribution in [2.75, 3.05) is 6.54 Å². The zero-order valence-corrected chi connectivity index (χ0v) is 5.62. The van der Waals surface area contributed by atoms with Gasteiger partial charge in [-0.2, -0.15) is 0 Å². The summed E-state index contributed by atoms with van der Waals surface area (Å²) in [5.74, 6) is 0. The van der Waals surface area contributed by atoms with Crippen molar-refractivity contribution in [1.29, 1.82) is 0 Å². The standard InChI is InChI=1S/C5H9NOS/c1-4-2-3-6-5(7)8-4/h4H,2-3H2,1H3,(H,6,7). The molecule has 1 rings (SSSR count). The van der Waals surface area contributed by atoms with Gasteiger partial charge in [-0.25, -0.2) is 0 Å². The number of carbonyl (C=O) groups is 1. The number of hydrogen-bond acceptors (Lipinski definition) is 2. The van der Waals surface area contributed by atoms with Crippen molar-refractivity contribution in [3.8, 4) is 0 Å². The lowest BCUT2D eigenvalue weighted by Gasteiger charge is -2.16. The monoisotopic (exact) mass is 131 g/mol. The lowest BCUT2D eigenvalue weighted by Crippen LogP contribution is -2.29. The molecule has 1 aliphatic rings. The van der Waals surface area contributed by atoms with Gasteiger partial charge in [0.15, 0.2) is 0 Å². The molecular weight excluding hydrogens is 122 g/mol. The molecule has 1 saturated heterocycles. The second-order valence-corrected chi connectivity index (χ2v) is 3.34. The van der Waals surface area contributed by atoms with E-state index in [1.807, 2.05) is 0 Å². The van der Waals surface area contributed by atoms with E-state index < -0.39 is 0 Å². The van der Waals surface area contributed by atoms with Gasteiger partial charge >= 0.3 is 0 Å². The Morgan fingerprint density at radius 2 is 2.62 bits per heavy atom. The molecule has 0 bridgehead atoms. The fourth-order valence-corrected chi connectivity index (χ4v) is 1.45. The molecule has 0 radical (unpaired) electrons. The molecule has 46 valence electrons. The summed E-state index contributed by atoms with van der Waals surface area (Å²) in [4.78, 5) is 10.5. The van der Waals surface area contributed by atoms with Gasteiger partial charge in [0.1, 0.15) is 0 Å². The molecule has 1 fully saturated rings. The fourth-order valence-electron chi connectivity index (χ4n) is 0.661. The first kappa shape index (κ1) is 5.95. The van der Waals surface area contributed by atoms with E-state index in [1.54, 1.807) is 0 Å². The van der Waals surface area contributed by atoms with Crippen LogP contribution in [0.2, 0.25) is 0 Å². The Balaban J connectivity index is 2.34. The van der Waals surface area contributed by atoms with Gasteiger partial charge in [0, 0.05) is 11.8 Å². The van der Waals surface area contributed by atoms with Gasteiger partial charge in [-0.05, 0) is 6.42 Å². The van der Waals surface area contributed by atoms with Gasteiger partial charge in [-0.15, -0.1) is 0 Å². The van der Waals surface area contributed by atoms with Crippen molar-refractivity contribution >= 4 is 17.0 Å². The Morgan fingerprint density at radius 3 is 3.00 bits per heavy atom. The number of carbonyl (C=O) groups excluding carboxylic acids is 1. The quantitative estimate of drug-likeness (QED) is 0.535. The summed E-state index contributed by atoms with van der Waals surface area (Å²) in [6, 6.07) is 0. The van der Waals surface area contributed by atoms with Crippen LogP contribution in [0.25, 0.3) is 0 Å². The van der Waals surface area contributed by atoms with Gasteiger partial charge < -0.3 is 5.32 Å². The number of rotatable bonds is 0. The summed E-state index contributed by atoms with van der Waals surface area (Å²) in [7, 11) is 0. The van der Waals surface area contributed by atoms with Crippen molar-refractivity contribution in [1.82, 2.24) is 5.32 Å². The summed E-state index contributed by atoms with van der Waals surface area (Å²) in [5, 5.41) is 3.38. The van der Waals surface area contributed by atoms with Crippen molar-refractivity contribution in [2.45, 2.75) is 18.6 Å². The largest absolute Gasteiger partial charge is 0.347 e. The van der Waals surface area contributed by atoms with Crippen LogP contribution < -0.4 is 5.32 Å². The molecule has 1 heterocycles. The second kappa shape index (κ2) is 2.40. The summed E-state index contributed by atoms with van der Waals surface area (Å²) in [6.45, 7) is 2.93. The molecule has 0 aliphatic carbocycles. The van der Waals surface area contributed by atoms with E-state index in [-0.39, 0.29) is 5.24 Å². The predicted molar refractivity (Wildman–Crippen MR) is 35.1 cm³/mol. The molecule has 1 aliphatic heterocycles. The maximum absolute atomic E-state index is 10.5. The smallest absolute Gasteiger partial charge is 0.279 e. The average molecular weight is 131 g/mol. The molecule has 1 atom stereocenters. The van der Waals surface area contributed by atoms with Crippen LogP contribution in [0.15, 0.2) is 0 Å². The van der Waals surface area contributed by atoms with E-state index in [1.165, 1.54) is 11.8 Å². The van der Waals surface area contributed by atoms with Crippen LogP contribution in [0.3, 0.4) is 0 Å². The van der Waals surface area contributed by atoms with Crippen molar-refractivity contribution in [3.05, 3.63) is 0 Å². The maximum atomic E-state index is 10.5. The van der Waals surface area contributed by atoms with Gasteiger partial charge in [-0.3, -0.25) is 4.79 Å². The maximum Gasteiger partial charge on any atom is 0.279 e. The Morgan fingerprint density at radius 1 is 1.88 bits per heavy atom. The lowest BCUT2D eigenvalue weighted by atomic mass is 10.3. The van der Waals surface area contributed by atoms with Gasteiger partial charge in [0.05, 0.1) is 0 Å². The SMILES string of the molecule is CC1CCNC(=O)S1. The second-order valence-electron chi connectivity index (χ2n) is 1.93. The van der Waals surface area contributed by atoms with Crippen LogP contribution >= 0.6 is 11.8 Å². The number of thioether (sulfide) groups is 1. The Hall–Kier alpha value is -0.180. The normalized spacial score (nSPS) is 29.6. The molecule has 0 saturated carbocycles. The highest BCUT2D eigenvalue weighted by Crippen LogP contribution is 2.17. The van der Waals surface area contributed by atoms with E-state index >= 15 is 0 Å². The molecule has 0 aromatic carbocycles. The number of nitrogens with one attached hydrogen (secondary N) is 1. The highest BCUT2D eigenvalue weighted by molar-refractivity contribution is 8.14. The van der Waals surface area contributed by atoms with Gasteiger partial charge in [0.2, 0.25) is 0 Å². The average Bonchev–Trinajstić information content (AvgIpc) is 1.64. The molecular formula is C5H9NOS. The third kappa shape index (κ3) is 1.40. The van der Waals surface area contributed by atoms with Crippen LogP contribution in [0.4, 0.5) is 4.79 Å². The first-order valence-electron chi connectivity index (χ1n) is 2.73. The summed E-state index contributed by atoms with van der Waals surface area (Å²) >= 11 is 1.39. The Bertz CT molecular complexity index is 105. The minimum absolute atomic E-state index is 0.128. The van der Waals surface area contributed by atoms with Crippen LogP contribution in [0.5, 0.6) is 0 Å². The van der Waals surface area contributed by atoms with Crippen LogP contribution in [-0.2, 0) is 0 Å². The third-order valence-corrected chi connectivity index (χ3v) is 2.12. The van der Waals surface area contributed by atoms with Crippen LogP contribution in [0, 0.1) is 0 Å². The van der Waals surface area contributed by atoms with E-state index in [0.717, 1.165) is 13.0 Å². The summed E-state index contributed by atoms with van der Waals surface area (Å²) in [6.07, 6.45) is 1.11. The van der Waals surface area contributed by atoms with Crippen LogP contribution in [0.1, 0.15) is 13.3 Å². The highest BCUT2D eigenvalue weighted by Gasteiger charge is 2.13. The number of hydrogen-bond donors (Lipinski definition) is 1. The van der Waals surface area contributed by atoms with Crippen molar-refractivity contribution in [3.63, 3.8) is 0 Å². The molecule has 1 amide bonds. The Labute approximate surface area is 53.0 Å². The molecule has 0 aromatic heterocycles. The van der Waals surface area contributed by atoms with E-state index in [0.29, 0.717) is 5.25 Å². The lowest BCUT2D eigenvalue weighted by molar-refractivity contribution is 0.259. The van der Waals surface area contributed by atoms with Crippen LogP contribution in [-0.4, -0.2) is 17.0 Å². The fraction of sp³-hybridized carbons (Fsp3) is 0.800. The predicted octanol–water partition coefficient (Wildman–Crippen LogP) is 1.22. The minimum atomic E-state index is 0.128. The van der Waals surface area contributed by atoms with E-state index in [9.17, 15) is 4.79 Å². The third-order valence-electron chi connectivity index (χ3n) is 1.13. The van der Waals surface area contributed by atoms with Crippen molar-refractivity contribution in [2.24, 2.45) is 0 Å². The van der Waals surface area contributed by atoms with E-state index in [2.05, 4.69) is 12.2 Å². The first-order valence-corrected chi connectivity index (χ1v) is 3.61. The van der Waals surface area contributed by atoms with Gasteiger partial charge in [-0.1, -0.05) is 18.7 Å². The topological polar surface area (TPSA) is 29.1 Å². The zero-order chi connectivity index (χ0) is 5.98. The minimum Gasteiger partial charge on any atom is -0.347 e. The van der Waals surface area contributed by atoms with E-state index in [4.69, 9.17) is 0 Å². The molecule has 0 spiro atoms.